The lowest BCUT2D eigenvalue weighted by Crippen LogP contribution is -2.56. The van der Waals surface area contributed by atoms with Crippen LogP contribution in [0.25, 0.3) is 0 Å². The average Bonchev–Trinajstić information content (AvgIpc) is 2.50. The summed E-state index contributed by atoms with van der Waals surface area (Å²) in [5.74, 6) is 0.292. The second-order valence-corrected chi connectivity index (χ2v) is 7.49. The van der Waals surface area contributed by atoms with Crippen molar-refractivity contribution in [1.82, 2.24) is 14.7 Å². The third-order valence-corrected chi connectivity index (χ3v) is 5.42. The Bertz CT molecular complexity index is 453. The van der Waals surface area contributed by atoms with Crippen LogP contribution in [0.3, 0.4) is 0 Å². The van der Waals surface area contributed by atoms with Gasteiger partial charge in [-0.2, -0.15) is 0 Å². The molecule has 0 aliphatic carbocycles. The molecule has 2 aliphatic heterocycles. The van der Waals surface area contributed by atoms with E-state index in [-0.39, 0.29) is 17.2 Å². The minimum Gasteiger partial charge on any atom is -0.339 e. The summed E-state index contributed by atoms with van der Waals surface area (Å²) in [6.45, 7) is 14.2. The quantitative estimate of drug-likeness (QED) is 0.741. The Hall–Kier alpha value is -1.36. The largest absolute Gasteiger partial charge is 0.339 e. The van der Waals surface area contributed by atoms with Crippen LogP contribution in [0.2, 0.25) is 0 Å². The predicted octanol–water partition coefficient (Wildman–Crippen LogP) is 1.74. The van der Waals surface area contributed by atoms with Gasteiger partial charge < -0.3 is 9.80 Å². The fraction of sp³-hybridized carbons (Fsp3) is 0.778. The van der Waals surface area contributed by atoms with Crippen molar-refractivity contribution in [3.8, 4) is 0 Å². The maximum atomic E-state index is 12.7. The summed E-state index contributed by atoms with van der Waals surface area (Å²) in [4.78, 5) is 30.1. The molecular weight excluding hydrogens is 290 g/mol. The first-order valence-corrected chi connectivity index (χ1v) is 8.73. The Morgan fingerprint density at radius 1 is 1.13 bits per heavy atom. The molecule has 0 unspecified atom stereocenters. The van der Waals surface area contributed by atoms with E-state index in [9.17, 15) is 9.59 Å². The first-order chi connectivity index (χ1) is 10.8. The van der Waals surface area contributed by atoms with Gasteiger partial charge in [0, 0.05) is 39.1 Å². The fourth-order valence-electron chi connectivity index (χ4n) is 3.91. The topological polar surface area (TPSA) is 43.9 Å². The molecule has 0 radical (unpaired) electrons. The standard InChI is InChI=1S/C18H31N3O2/c1-5-7-16-18(3,4)8-6-9-21(16)14-17(23)20-12-10-19(11-13-20)15(2)22/h5,16H,1,6-14H2,2-4H3/t16-/m1/s1. The van der Waals surface area contributed by atoms with Crippen molar-refractivity contribution in [2.24, 2.45) is 5.41 Å². The number of likely N-dealkylation sites (tertiary alicyclic amines) is 1. The highest BCUT2D eigenvalue weighted by atomic mass is 16.2. The zero-order valence-corrected chi connectivity index (χ0v) is 14.9. The summed E-state index contributed by atoms with van der Waals surface area (Å²) in [5.41, 5.74) is 0.222. The molecule has 2 heterocycles. The van der Waals surface area contributed by atoms with Gasteiger partial charge in [0.1, 0.15) is 0 Å². The smallest absolute Gasteiger partial charge is 0.236 e. The van der Waals surface area contributed by atoms with Gasteiger partial charge in [-0.3, -0.25) is 14.5 Å². The molecular formula is C18H31N3O2. The van der Waals surface area contributed by atoms with E-state index < -0.39 is 0 Å². The number of piperidine rings is 1. The lowest BCUT2D eigenvalue weighted by Gasteiger charge is -2.47. The molecule has 5 nitrogen and oxygen atoms in total. The van der Waals surface area contributed by atoms with Crippen molar-refractivity contribution in [2.75, 3.05) is 39.3 Å². The lowest BCUT2D eigenvalue weighted by molar-refractivity contribution is -0.140. The Kier molecular flexibility index (Phi) is 5.84. The van der Waals surface area contributed by atoms with Crippen LogP contribution in [0.15, 0.2) is 12.7 Å². The van der Waals surface area contributed by atoms with E-state index in [1.807, 2.05) is 15.9 Å². The van der Waals surface area contributed by atoms with Crippen LogP contribution in [0.5, 0.6) is 0 Å². The SMILES string of the molecule is C=CC[C@H]1N(CC(=O)N2CCN(C(C)=O)CC2)CCCC1(C)C. The number of hydrogen-bond acceptors (Lipinski definition) is 3. The number of amides is 2. The fourth-order valence-corrected chi connectivity index (χ4v) is 3.91. The van der Waals surface area contributed by atoms with Crippen LogP contribution < -0.4 is 0 Å². The number of piperazine rings is 1. The minimum atomic E-state index is 0.0981. The molecule has 0 aromatic carbocycles. The van der Waals surface area contributed by atoms with Crippen molar-refractivity contribution < 1.29 is 9.59 Å². The van der Waals surface area contributed by atoms with Crippen LogP contribution in [-0.2, 0) is 9.59 Å². The molecule has 2 aliphatic rings. The first kappa shape index (κ1) is 18.0. The molecule has 2 fully saturated rings. The van der Waals surface area contributed by atoms with Gasteiger partial charge in [0.25, 0.3) is 0 Å². The highest BCUT2D eigenvalue weighted by Crippen LogP contribution is 2.36. The normalized spacial score (nSPS) is 25.3. The zero-order chi connectivity index (χ0) is 17.0. The first-order valence-electron chi connectivity index (χ1n) is 8.73. The predicted molar refractivity (Wildman–Crippen MR) is 92.0 cm³/mol. The molecule has 0 N–H and O–H groups in total. The highest BCUT2D eigenvalue weighted by molar-refractivity contribution is 5.79. The summed E-state index contributed by atoms with van der Waals surface area (Å²) < 4.78 is 0. The van der Waals surface area contributed by atoms with Crippen LogP contribution in [-0.4, -0.2) is 71.8 Å². The van der Waals surface area contributed by atoms with E-state index in [0.717, 1.165) is 19.4 Å². The van der Waals surface area contributed by atoms with Crippen molar-refractivity contribution >= 4 is 11.8 Å². The Balaban J connectivity index is 1.93. The lowest BCUT2D eigenvalue weighted by atomic mass is 9.75. The molecule has 2 saturated heterocycles. The van der Waals surface area contributed by atoms with Gasteiger partial charge in [0.15, 0.2) is 0 Å². The van der Waals surface area contributed by atoms with Crippen molar-refractivity contribution in [1.29, 1.82) is 0 Å². The van der Waals surface area contributed by atoms with Crippen molar-refractivity contribution in [2.45, 2.75) is 46.1 Å². The molecule has 2 rings (SSSR count). The monoisotopic (exact) mass is 321 g/mol. The summed E-state index contributed by atoms with van der Waals surface area (Å²) >= 11 is 0. The van der Waals surface area contributed by atoms with E-state index >= 15 is 0 Å². The molecule has 0 aromatic heterocycles. The highest BCUT2D eigenvalue weighted by Gasteiger charge is 2.37. The number of rotatable bonds is 4. The number of carbonyl (C=O) groups excluding carboxylic acids is 2. The molecule has 1 atom stereocenters. The van der Waals surface area contributed by atoms with Gasteiger partial charge in [0.05, 0.1) is 6.54 Å². The van der Waals surface area contributed by atoms with Gasteiger partial charge in [-0.05, 0) is 31.2 Å². The summed E-state index contributed by atoms with van der Waals surface area (Å²) in [5, 5.41) is 0. The number of hydrogen-bond donors (Lipinski definition) is 0. The van der Waals surface area contributed by atoms with Crippen LogP contribution in [0.4, 0.5) is 0 Å². The van der Waals surface area contributed by atoms with Crippen LogP contribution >= 0.6 is 0 Å². The molecule has 23 heavy (non-hydrogen) atoms. The van der Waals surface area contributed by atoms with Gasteiger partial charge >= 0.3 is 0 Å². The van der Waals surface area contributed by atoms with Gasteiger partial charge in [0.2, 0.25) is 11.8 Å². The summed E-state index contributed by atoms with van der Waals surface area (Å²) in [6.07, 6.45) is 5.25. The maximum Gasteiger partial charge on any atom is 0.236 e. The number of carbonyl (C=O) groups is 2. The Morgan fingerprint density at radius 2 is 1.74 bits per heavy atom. The second kappa shape index (κ2) is 7.47. The average molecular weight is 321 g/mol. The number of nitrogens with zero attached hydrogens (tertiary/aromatic N) is 3. The van der Waals surface area contributed by atoms with Gasteiger partial charge in [-0.25, -0.2) is 0 Å². The molecule has 0 saturated carbocycles. The summed E-state index contributed by atoms with van der Waals surface area (Å²) in [7, 11) is 0. The second-order valence-electron chi connectivity index (χ2n) is 7.49. The minimum absolute atomic E-state index is 0.0981. The third kappa shape index (κ3) is 4.34. The molecule has 5 heteroatoms. The molecule has 130 valence electrons. The Labute approximate surface area is 140 Å². The molecule has 0 bridgehead atoms. The van der Waals surface area contributed by atoms with E-state index in [2.05, 4.69) is 25.3 Å². The van der Waals surface area contributed by atoms with E-state index in [1.54, 1.807) is 6.92 Å². The molecule has 0 spiro atoms. The van der Waals surface area contributed by atoms with Gasteiger partial charge in [-0.15, -0.1) is 6.58 Å². The van der Waals surface area contributed by atoms with Crippen molar-refractivity contribution in [3.63, 3.8) is 0 Å². The third-order valence-electron chi connectivity index (χ3n) is 5.42. The van der Waals surface area contributed by atoms with Crippen molar-refractivity contribution in [3.05, 3.63) is 12.7 Å². The van der Waals surface area contributed by atoms with Gasteiger partial charge in [-0.1, -0.05) is 19.9 Å². The maximum absolute atomic E-state index is 12.7. The molecule has 0 aromatic rings. The van der Waals surface area contributed by atoms with Crippen LogP contribution in [0.1, 0.15) is 40.0 Å². The summed E-state index contributed by atoms with van der Waals surface area (Å²) in [6, 6.07) is 0.385. The van der Waals surface area contributed by atoms with E-state index in [1.165, 1.54) is 6.42 Å². The zero-order valence-electron chi connectivity index (χ0n) is 14.9. The van der Waals surface area contributed by atoms with Crippen LogP contribution in [0, 0.1) is 5.41 Å². The van der Waals surface area contributed by atoms with E-state index in [0.29, 0.717) is 38.8 Å². The van der Waals surface area contributed by atoms with E-state index in [4.69, 9.17) is 0 Å². The Morgan fingerprint density at radius 3 is 2.30 bits per heavy atom. The molecule has 2 amide bonds.